The Kier molecular flexibility index (Phi) is 1.90. The van der Waals surface area contributed by atoms with Crippen LogP contribution >= 0.6 is 0 Å². The first-order valence-electron chi connectivity index (χ1n) is 5.24. The van der Waals surface area contributed by atoms with Crippen molar-refractivity contribution in [3.8, 4) is 0 Å². The largest absolute Gasteiger partial charge is 0.459 e. The van der Waals surface area contributed by atoms with Crippen LogP contribution in [-0.2, 0) is 9.53 Å². The molecule has 2 atom stereocenters. The summed E-state index contributed by atoms with van der Waals surface area (Å²) in [4.78, 5) is 11.5. The van der Waals surface area contributed by atoms with E-state index >= 15 is 0 Å². The summed E-state index contributed by atoms with van der Waals surface area (Å²) in [5, 5.41) is 0. The van der Waals surface area contributed by atoms with Crippen LogP contribution in [0.4, 0.5) is 0 Å². The SMILES string of the molecule is CC1CC(C(=O)OC2(C)CC2C)C1. The van der Waals surface area contributed by atoms with Crippen molar-refractivity contribution in [1.29, 1.82) is 0 Å². The molecule has 2 nitrogen and oxygen atoms in total. The van der Waals surface area contributed by atoms with E-state index in [-0.39, 0.29) is 17.5 Å². The molecule has 2 fully saturated rings. The van der Waals surface area contributed by atoms with Crippen molar-refractivity contribution in [3.05, 3.63) is 0 Å². The van der Waals surface area contributed by atoms with Crippen molar-refractivity contribution in [2.24, 2.45) is 17.8 Å². The van der Waals surface area contributed by atoms with Gasteiger partial charge >= 0.3 is 5.97 Å². The molecule has 13 heavy (non-hydrogen) atoms. The van der Waals surface area contributed by atoms with Gasteiger partial charge in [-0.2, -0.15) is 0 Å². The molecule has 2 saturated carbocycles. The van der Waals surface area contributed by atoms with E-state index in [4.69, 9.17) is 4.74 Å². The smallest absolute Gasteiger partial charge is 0.309 e. The normalized spacial score (nSPS) is 48.1. The maximum atomic E-state index is 11.5. The molecule has 0 spiro atoms. The molecule has 2 aliphatic rings. The fourth-order valence-corrected chi connectivity index (χ4v) is 2.10. The Hall–Kier alpha value is -0.530. The van der Waals surface area contributed by atoms with E-state index in [1.807, 2.05) is 6.92 Å². The second kappa shape index (κ2) is 2.73. The Bertz CT molecular complexity index is 230. The van der Waals surface area contributed by atoms with Gasteiger partial charge in [-0.05, 0) is 38.0 Å². The number of hydrogen-bond donors (Lipinski definition) is 0. The minimum Gasteiger partial charge on any atom is -0.459 e. The van der Waals surface area contributed by atoms with Crippen molar-refractivity contribution in [2.45, 2.75) is 45.6 Å². The van der Waals surface area contributed by atoms with E-state index in [2.05, 4.69) is 13.8 Å². The maximum absolute atomic E-state index is 11.5. The van der Waals surface area contributed by atoms with Gasteiger partial charge in [0.15, 0.2) is 0 Å². The first-order valence-corrected chi connectivity index (χ1v) is 5.24. The lowest BCUT2D eigenvalue weighted by molar-refractivity contribution is -0.160. The van der Waals surface area contributed by atoms with Crippen LogP contribution in [0.25, 0.3) is 0 Å². The van der Waals surface area contributed by atoms with Crippen LogP contribution in [-0.4, -0.2) is 11.6 Å². The zero-order valence-corrected chi connectivity index (χ0v) is 8.67. The zero-order chi connectivity index (χ0) is 9.64. The minimum absolute atomic E-state index is 0.0463. The lowest BCUT2D eigenvalue weighted by atomic mass is 9.76. The fourth-order valence-electron chi connectivity index (χ4n) is 2.10. The summed E-state index contributed by atoms with van der Waals surface area (Å²) >= 11 is 0. The van der Waals surface area contributed by atoms with Gasteiger partial charge in [0.1, 0.15) is 5.60 Å². The Labute approximate surface area is 79.7 Å². The third-order valence-electron chi connectivity index (χ3n) is 3.63. The van der Waals surface area contributed by atoms with Crippen molar-refractivity contribution in [3.63, 3.8) is 0 Å². The third kappa shape index (κ3) is 1.59. The highest BCUT2D eigenvalue weighted by atomic mass is 16.6. The summed E-state index contributed by atoms with van der Waals surface area (Å²) in [6.07, 6.45) is 3.10. The van der Waals surface area contributed by atoms with Crippen LogP contribution < -0.4 is 0 Å². The summed E-state index contributed by atoms with van der Waals surface area (Å²) in [5.41, 5.74) is -0.115. The monoisotopic (exact) mass is 182 g/mol. The molecule has 74 valence electrons. The Morgan fingerprint density at radius 2 is 1.92 bits per heavy atom. The summed E-state index contributed by atoms with van der Waals surface area (Å²) in [6.45, 7) is 6.36. The number of rotatable bonds is 2. The summed E-state index contributed by atoms with van der Waals surface area (Å²) in [6, 6.07) is 0. The first-order chi connectivity index (χ1) is 6.01. The van der Waals surface area contributed by atoms with Gasteiger partial charge in [0.25, 0.3) is 0 Å². The second-order valence-electron chi connectivity index (χ2n) is 5.11. The lowest BCUT2D eigenvalue weighted by Gasteiger charge is -2.31. The van der Waals surface area contributed by atoms with Crippen LogP contribution in [0.1, 0.15) is 40.0 Å². The Morgan fingerprint density at radius 1 is 1.38 bits per heavy atom. The van der Waals surface area contributed by atoms with E-state index in [1.165, 1.54) is 0 Å². The number of hydrogen-bond acceptors (Lipinski definition) is 2. The Balaban J connectivity index is 1.80. The highest BCUT2D eigenvalue weighted by Crippen LogP contribution is 2.47. The van der Waals surface area contributed by atoms with Gasteiger partial charge < -0.3 is 4.74 Å². The highest BCUT2D eigenvalue weighted by molar-refractivity contribution is 5.74. The number of carbonyl (C=O) groups is 1. The van der Waals surface area contributed by atoms with E-state index in [0.29, 0.717) is 5.92 Å². The minimum atomic E-state index is -0.115. The molecule has 0 aromatic rings. The van der Waals surface area contributed by atoms with E-state index in [1.54, 1.807) is 0 Å². The average molecular weight is 182 g/mol. The molecule has 0 radical (unpaired) electrons. The summed E-state index contributed by atoms with van der Waals surface area (Å²) in [7, 11) is 0. The van der Waals surface area contributed by atoms with Crippen molar-refractivity contribution >= 4 is 5.97 Å². The predicted octanol–water partition coefficient (Wildman–Crippen LogP) is 2.37. The van der Waals surface area contributed by atoms with Gasteiger partial charge in [-0.3, -0.25) is 4.79 Å². The molecular formula is C11H18O2. The van der Waals surface area contributed by atoms with Crippen LogP contribution in [0.15, 0.2) is 0 Å². The van der Waals surface area contributed by atoms with Crippen LogP contribution in [0.5, 0.6) is 0 Å². The lowest BCUT2D eigenvalue weighted by Crippen LogP contribution is -2.33. The average Bonchev–Trinajstić information content (AvgIpc) is 2.52. The topological polar surface area (TPSA) is 26.3 Å². The predicted molar refractivity (Wildman–Crippen MR) is 50.2 cm³/mol. The molecule has 2 aliphatic carbocycles. The van der Waals surface area contributed by atoms with Crippen LogP contribution in [0.2, 0.25) is 0 Å². The summed E-state index contributed by atoms with van der Waals surface area (Å²) in [5.74, 6) is 1.54. The molecule has 2 heteroatoms. The van der Waals surface area contributed by atoms with Gasteiger partial charge in [0, 0.05) is 0 Å². The van der Waals surface area contributed by atoms with E-state index < -0.39 is 0 Å². The molecular weight excluding hydrogens is 164 g/mol. The molecule has 0 aromatic carbocycles. The number of esters is 1. The maximum Gasteiger partial charge on any atom is 0.309 e. The quantitative estimate of drug-likeness (QED) is 0.613. The molecule has 0 bridgehead atoms. The fraction of sp³-hybridized carbons (Fsp3) is 0.909. The molecule has 0 N–H and O–H groups in total. The van der Waals surface area contributed by atoms with E-state index in [9.17, 15) is 4.79 Å². The van der Waals surface area contributed by atoms with Gasteiger partial charge in [-0.1, -0.05) is 13.8 Å². The molecule has 0 heterocycles. The standard InChI is InChI=1S/C11H18O2/c1-7-4-9(5-7)10(12)13-11(3)6-8(11)2/h7-9H,4-6H2,1-3H3. The van der Waals surface area contributed by atoms with Crippen molar-refractivity contribution < 1.29 is 9.53 Å². The molecule has 0 aromatic heterocycles. The number of ether oxygens (including phenoxy) is 1. The highest BCUT2D eigenvalue weighted by Gasteiger charge is 2.51. The number of carbonyl (C=O) groups excluding carboxylic acids is 1. The first kappa shape index (κ1) is 9.04. The van der Waals surface area contributed by atoms with Crippen molar-refractivity contribution in [1.82, 2.24) is 0 Å². The van der Waals surface area contributed by atoms with Gasteiger partial charge in [0.2, 0.25) is 0 Å². The second-order valence-corrected chi connectivity index (χ2v) is 5.11. The van der Waals surface area contributed by atoms with E-state index in [0.717, 1.165) is 25.2 Å². The molecule has 2 rings (SSSR count). The van der Waals surface area contributed by atoms with Crippen LogP contribution in [0.3, 0.4) is 0 Å². The van der Waals surface area contributed by atoms with Crippen molar-refractivity contribution in [2.75, 3.05) is 0 Å². The van der Waals surface area contributed by atoms with Gasteiger partial charge in [-0.15, -0.1) is 0 Å². The van der Waals surface area contributed by atoms with Gasteiger partial charge in [0.05, 0.1) is 5.92 Å². The van der Waals surface area contributed by atoms with Gasteiger partial charge in [-0.25, -0.2) is 0 Å². The zero-order valence-electron chi connectivity index (χ0n) is 8.67. The molecule has 0 saturated heterocycles. The van der Waals surface area contributed by atoms with Crippen LogP contribution in [0, 0.1) is 17.8 Å². The molecule has 2 unspecified atom stereocenters. The summed E-state index contributed by atoms with van der Waals surface area (Å²) < 4.78 is 5.47. The molecule has 0 aliphatic heterocycles. The Morgan fingerprint density at radius 3 is 2.31 bits per heavy atom. The third-order valence-corrected chi connectivity index (χ3v) is 3.63. The molecule has 0 amide bonds.